The van der Waals surface area contributed by atoms with Gasteiger partial charge in [0.2, 0.25) is 0 Å². The molecule has 0 spiro atoms. The third kappa shape index (κ3) is 8.88. The Balaban J connectivity index is 2.67. The van der Waals surface area contributed by atoms with Gasteiger partial charge in [-0.05, 0) is 43.3 Å². The highest BCUT2D eigenvalue weighted by Crippen LogP contribution is 2.30. The highest BCUT2D eigenvalue weighted by Gasteiger charge is 2.30. The number of rotatable bonds is 11. The summed E-state index contributed by atoms with van der Waals surface area (Å²) in [5.41, 5.74) is -0.278. The molecule has 0 saturated carbocycles. The Morgan fingerprint density at radius 3 is 2.04 bits per heavy atom. The SMILES string of the molecule is CCCCCCN(CCCCCC)C(=S)Nc1cccc(C(F)(F)F)c1. The van der Waals surface area contributed by atoms with E-state index in [0.717, 1.165) is 50.9 Å². The predicted octanol–water partition coefficient (Wildman–Crippen LogP) is 6.86. The lowest BCUT2D eigenvalue weighted by Gasteiger charge is -2.26. The Bertz CT molecular complexity index is 520. The number of nitrogens with one attached hydrogen (secondary N) is 1. The molecular formula is C20H31F3N2S. The van der Waals surface area contributed by atoms with Gasteiger partial charge in [-0.1, -0.05) is 58.4 Å². The summed E-state index contributed by atoms with van der Waals surface area (Å²) in [5, 5.41) is 3.51. The minimum absolute atomic E-state index is 0.386. The van der Waals surface area contributed by atoms with E-state index >= 15 is 0 Å². The molecule has 0 atom stereocenters. The van der Waals surface area contributed by atoms with Gasteiger partial charge in [-0.3, -0.25) is 0 Å². The first-order valence-electron chi connectivity index (χ1n) is 9.61. The lowest BCUT2D eigenvalue weighted by atomic mass is 10.1. The lowest BCUT2D eigenvalue weighted by Crippen LogP contribution is -2.36. The molecule has 0 aliphatic heterocycles. The van der Waals surface area contributed by atoms with E-state index in [1.807, 2.05) is 0 Å². The zero-order valence-corrected chi connectivity index (χ0v) is 16.7. The maximum Gasteiger partial charge on any atom is 0.416 e. The van der Waals surface area contributed by atoms with Gasteiger partial charge in [0.25, 0.3) is 0 Å². The zero-order valence-electron chi connectivity index (χ0n) is 15.9. The van der Waals surface area contributed by atoms with Crippen LogP contribution in [0.1, 0.15) is 70.8 Å². The minimum atomic E-state index is -4.35. The zero-order chi connectivity index (χ0) is 19.4. The molecule has 2 nitrogen and oxygen atoms in total. The van der Waals surface area contributed by atoms with Crippen molar-refractivity contribution in [2.24, 2.45) is 0 Å². The van der Waals surface area contributed by atoms with Crippen LogP contribution in [0.3, 0.4) is 0 Å². The predicted molar refractivity (Wildman–Crippen MR) is 108 cm³/mol. The van der Waals surface area contributed by atoms with Gasteiger partial charge < -0.3 is 10.2 Å². The Morgan fingerprint density at radius 1 is 0.962 bits per heavy atom. The second kappa shape index (κ2) is 12.2. The first kappa shape index (κ1) is 22.7. The summed E-state index contributed by atoms with van der Waals surface area (Å²) in [6.45, 7) is 6.03. The van der Waals surface area contributed by atoms with Crippen LogP contribution in [0.2, 0.25) is 0 Å². The van der Waals surface area contributed by atoms with Gasteiger partial charge in [0.05, 0.1) is 5.56 Å². The van der Waals surface area contributed by atoms with Gasteiger partial charge in [0, 0.05) is 18.8 Å². The van der Waals surface area contributed by atoms with Crippen LogP contribution in [0, 0.1) is 0 Å². The number of halogens is 3. The molecule has 0 heterocycles. The first-order chi connectivity index (χ1) is 12.4. The second-order valence-corrected chi connectivity index (χ2v) is 7.00. The maximum absolute atomic E-state index is 12.9. The van der Waals surface area contributed by atoms with Gasteiger partial charge in [-0.2, -0.15) is 13.2 Å². The van der Waals surface area contributed by atoms with Crippen LogP contribution in [-0.2, 0) is 6.18 Å². The number of unbranched alkanes of at least 4 members (excludes halogenated alkanes) is 6. The monoisotopic (exact) mass is 388 g/mol. The third-order valence-electron chi connectivity index (χ3n) is 4.29. The van der Waals surface area contributed by atoms with Gasteiger partial charge in [-0.15, -0.1) is 0 Å². The first-order valence-corrected chi connectivity index (χ1v) is 10.0. The molecule has 1 aromatic carbocycles. The van der Waals surface area contributed by atoms with Gasteiger partial charge in [-0.25, -0.2) is 0 Å². The highest BCUT2D eigenvalue weighted by atomic mass is 32.1. The molecule has 0 unspecified atom stereocenters. The van der Waals surface area contributed by atoms with E-state index < -0.39 is 11.7 Å². The fourth-order valence-electron chi connectivity index (χ4n) is 2.75. The van der Waals surface area contributed by atoms with Crippen molar-refractivity contribution in [1.82, 2.24) is 4.90 Å². The summed E-state index contributed by atoms with van der Waals surface area (Å²) >= 11 is 5.48. The summed E-state index contributed by atoms with van der Waals surface area (Å²) in [5.74, 6) is 0. The number of anilines is 1. The largest absolute Gasteiger partial charge is 0.416 e. The number of hydrogen-bond donors (Lipinski definition) is 1. The minimum Gasteiger partial charge on any atom is -0.349 e. The molecule has 0 aliphatic carbocycles. The Hall–Kier alpha value is -1.30. The molecule has 1 aromatic rings. The fraction of sp³-hybridized carbons (Fsp3) is 0.650. The van der Waals surface area contributed by atoms with Gasteiger partial charge in [0.15, 0.2) is 5.11 Å². The van der Waals surface area contributed by atoms with E-state index in [2.05, 4.69) is 24.1 Å². The molecule has 0 aliphatic rings. The summed E-state index contributed by atoms with van der Waals surface area (Å²) < 4.78 is 38.6. The molecule has 6 heteroatoms. The number of thiocarbonyl (C=S) groups is 1. The maximum atomic E-state index is 12.9. The number of hydrogen-bond acceptors (Lipinski definition) is 1. The summed E-state index contributed by atoms with van der Waals surface area (Å²) in [6, 6.07) is 5.20. The molecule has 0 saturated heterocycles. The molecule has 1 rings (SSSR count). The van der Waals surface area contributed by atoms with Gasteiger partial charge in [0.1, 0.15) is 0 Å². The number of nitrogens with zero attached hydrogens (tertiary/aromatic N) is 1. The molecule has 26 heavy (non-hydrogen) atoms. The van der Waals surface area contributed by atoms with Crippen molar-refractivity contribution in [2.45, 2.75) is 71.4 Å². The molecule has 0 radical (unpaired) electrons. The molecule has 148 valence electrons. The summed E-state index contributed by atoms with van der Waals surface area (Å²) in [6.07, 6.45) is 4.77. The molecule has 0 fully saturated rings. The second-order valence-electron chi connectivity index (χ2n) is 6.62. The van der Waals surface area contributed by atoms with Crippen molar-refractivity contribution < 1.29 is 13.2 Å². The van der Waals surface area contributed by atoms with E-state index in [9.17, 15) is 13.2 Å². The Labute approximate surface area is 161 Å². The van der Waals surface area contributed by atoms with Gasteiger partial charge >= 0.3 is 6.18 Å². The molecular weight excluding hydrogens is 357 g/mol. The fourth-order valence-corrected chi connectivity index (χ4v) is 3.05. The van der Waals surface area contributed by atoms with Crippen molar-refractivity contribution in [1.29, 1.82) is 0 Å². The van der Waals surface area contributed by atoms with Crippen molar-refractivity contribution in [3.05, 3.63) is 29.8 Å². The average molecular weight is 389 g/mol. The molecule has 1 N–H and O–H groups in total. The van der Waals surface area contributed by atoms with Crippen LogP contribution >= 0.6 is 12.2 Å². The smallest absolute Gasteiger partial charge is 0.349 e. The summed E-state index contributed by atoms with van der Waals surface area (Å²) in [7, 11) is 0. The van der Waals surface area contributed by atoms with E-state index in [4.69, 9.17) is 12.2 Å². The van der Waals surface area contributed by atoms with Crippen LogP contribution < -0.4 is 5.32 Å². The van der Waals surface area contributed by atoms with Crippen molar-refractivity contribution >= 4 is 23.0 Å². The number of benzene rings is 1. The summed E-state index contributed by atoms with van der Waals surface area (Å²) in [4.78, 5) is 2.10. The van der Waals surface area contributed by atoms with E-state index in [1.54, 1.807) is 6.07 Å². The van der Waals surface area contributed by atoms with Crippen LogP contribution in [0.5, 0.6) is 0 Å². The van der Waals surface area contributed by atoms with E-state index in [1.165, 1.54) is 31.7 Å². The highest BCUT2D eigenvalue weighted by molar-refractivity contribution is 7.80. The Morgan fingerprint density at radius 2 is 1.54 bits per heavy atom. The normalized spacial score (nSPS) is 11.4. The van der Waals surface area contributed by atoms with E-state index in [-0.39, 0.29) is 0 Å². The van der Waals surface area contributed by atoms with Crippen molar-refractivity contribution in [2.75, 3.05) is 18.4 Å². The topological polar surface area (TPSA) is 15.3 Å². The van der Waals surface area contributed by atoms with Crippen molar-refractivity contribution in [3.8, 4) is 0 Å². The standard InChI is InChI=1S/C20H31F3N2S/c1-3-5-7-9-14-25(15-10-8-6-4-2)19(26)24-18-13-11-12-17(16-18)20(21,22)23/h11-13,16H,3-10,14-15H2,1-2H3,(H,24,26). The molecule has 0 bridgehead atoms. The van der Waals surface area contributed by atoms with E-state index in [0.29, 0.717) is 10.8 Å². The van der Waals surface area contributed by atoms with Crippen LogP contribution in [-0.4, -0.2) is 23.1 Å². The number of alkyl halides is 3. The van der Waals surface area contributed by atoms with Crippen LogP contribution in [0.25, 0.3) is 0 Å². The molecule has 0 aromatic heterocycles. The van der Waals surface area contributed by atoms with Crippen LogP contribution in [0.15, 0.2) is 24.3 Å². The Kier molecular flexibility index (Phi) is 10.6. The van der Waals surface area contributed by atoms with Crippen LogP contribution in [0.4, 0.5) is 18.9 Å². The molecule has 0 amide bonds. The lowest BCUT2D eigenvalue weighted by molar-refractivity contribution is -0.137. The third-order valence-corrected chi connectivity index (χ3v) is 4.65. The quantitative estimate of drug-likeness (QED) is 0.329. The van der Waals surface area contributed by atoms with Crippen molar-refractivity contribution in [3.63, 3.8) is 0 Å². The average Bonchev–Trinajstić information content (AvgIpc) is 2.59.